The second kappa shape index (κ2) is 8.19. The molecule has 2 saturated carbocycles. The Morgan fingerprint density at radius 2 is 1.11 bits per heavy atom. The average Bonchev–Trinajstić information content (AvgIpc) is 2.61. The van der Waals surface area contributed by atoms with Crippen LogP contribution in [0.1, 0.15) is 90.4 Å². The van der Waals surface area contributed by atoms with E-state index in [1.54, 1.807) is 0 Å². The molecule has 0 aromatic rings. The molecule has 0 aromatic heterocycles. The molecule has 0 unspecified atom stereocenters. The van der Waals surface area contributed by atoms with Crippen LogP contribution in [0.5, 0.6) is 0 Å². The van der Waals surface area contributed by atoms with Gasteiger partial charge in [-0.25, -0.2) is 0 Å². The fourth-order valence-electron chi connectivity index (χ4n) is 3.94. The molecule has 0 aromatic carbocycles. The van der Waals surface area contributed by atoms with Crippen molar-refractivity contribution in [3.8, 4) is 0 Å². The van der Waals surface area contributed by atoms with Gasteiger partial charge < -0.3 is 5.32 Å². The van der Waals surface area contributed by atoms with Crippen LogP contribution in [0.2, 0.25) is 0 Å². The first kappa shape index (κ1) is 14.4. The fraction of sp³-hybridized carbons (Fsp3) is 1.00. The topological polar surface area (TPSA) is 12.0 Å². The lowest BCUT2D eigenvalue weighted by Crippen LogP contribution is -2.41. The lowest BCUT2D eigenvalue weighted by atomic mass is 9.90. The molecule has 2 fully saturated rings. The second-order valence-electron chi connectivity index (χ2n) is 6.75. The van der Waals surface area contributed by atoms with E-state index in [9.17, 15) is 0 Å². The summed E-state index contributed by atoms with van der Waals surface area (Å²) in [5.41, 5.74) is 0. The van der Waals surface area contributed by atoms with Gasteiger partial charge in [-0.3, -0.25) is 0 Å². The second-order valence-corrected chi connectivity index (χ2v) is 6.75. The molecule has 0 spiro atoms. The molecule has 0 saturated heterocycles. The first-order valence-corrected chi connectivity index (χ1v) is 8.62. The zero-order valence-corrected chi connectivity index (χ0v) is 12.4. The standard InChI is InChI=1S/C17H33N/c1-15(16-11-7-5-6-8-12-16)18-17-13-9-3-2-4-10-14-17/h15-18H,2-14H2,1H3/t15-/m0/s1. The molecule has 0 aliphatic heterocycles. The van der Waals surface area contributed by atoms with E-state index in [4.69, 9.17) is 0 Å². The van der Waals surface area contributed by atoms with Gasteiger partial charge in [0.25, 0.3) is 0 Å². The van der Waals surface area contributed by atoms with E-state index in [1.807, 2.05) is 0 Å². The third-order valence-electron chi connectivity index (χ3n) is 5.21. The molecule has 1 atom stereocenters. The summed E-state index contributed by atoms with van der Waals surface area (Å²) in [5.74, 6) is 0.956. The summed E-state index contributed by atoms with van der Waals surface area (Å²) in [6, 6.07) is 1.58. The van der Waals surface area contributed by atoms with Crippen molar-refractivity contribution in [1.82, 2.24) is 5.32 Å². The van der Waals surface area contributed by atoms with E-state index >= 15 is 0 Å². The van der Waals surface area contributed by atoms with Crippen LogP contribution >= 0.6 is 0 Å². The predicted octanol–water partition coefficient (Wildman–Crippen LogP) is 5.05. The highest BCUT2D eigenvalue weighted by Crippen LogP contribution is 2.26. The van der Waals surface area contributed by atoms with Crippen molar-refractivity contribution in [2.45, 2.75) is 102 Å². The van der Waals surface area contributed by atoms with Gasteiger partial charge in [0.1, 0.15) is 0 Å². The van der Waals surface area contributed by atoms with Crippen molar-refractivity contribution in [3.63, 3.8) is 0 Å². The minimum absolute atomic E-state index is 0.757. The lowest BCUT2D eigenvalue weighted by molar-refractivity contribution is 0.282. The maximum absolute atomic E-state index is 3.98. The monoisotopic (exact) mass is 251 g/mol. The SMILES string of the molecule is C[C@H](NC1CCCCCCC1)C1CCCCCC1. The Morgan fingerprint density at radius 1 is 0.667 bits per heavy atom. The van der Waals surface area contributed by atoms with Crippen LogP contribution in [0.15, 0.2) is 0 Å². The fourth-order valence-corrected chi connectivity index (χ4v) is 3.94. The summed E-state index contributed by atoms with van der Waals surface area (Å²) in [6.45, 7) is 2.45. The summed E-state index contributed by atoms with van der Waals surface area (Å²) < 4.78 is 0. The van der Waals surface area contributed by atoms with Crippen LogP contribution in [0.4, 0.5) is 0 Å². The van der Waals surface area contributed by atoms with Crippen molar-refractivity contribution >= 4 is 0 Å². The van der Waals surface area contributed by atoms with Crippen LogP contribution in [-0.2, 0) is 0 Å². The zero-order chi connectivity index (χ0) is 12.6. The van der Waals surface area contributed by atoms with Crippen LogP contribution in [0.25, 0.3) is 0 Å². The molecule has 2 rings (SSSR count). The summed E-state index contributed by atoms with van der Waals surface area (Å²) in [5, 5.41) is 3.98. The van der Waals surface area contributed by atoms with Gasteiger partial charge >= 0.3 is 0 Å². The van der Waals surface area contributed by atoms with Crippen molar-refractivity contribution in [3.05, 3.63) is 0 Å². The van der Waals surface area contributed by atoms with E-state index in [2.05, 4.69) is 12.2 Å². The number of nitrogens with one attached hydrogen (secondary N) is 1. The first-order chi connectivity index (χ1) is 8.86. The van der Waals surface area contributed by atoms with Gasteiger partial charge in [-0.05, 0) is 38.5 Å². The Balaban J connectivity index is 1.75. The third-order valence-corrected chi connectivity index (χ3v) is 5.21. The van der Waals surface area contributed by atoms with E-state index in [1.165, 1.54) is 83.5 Å². The van der Waals surface area contributed by atoms with Gasteiger partial charge in [0.05, 0.1) is 0 Å². The molecule has 1 nitrogen and oxygen atoms in total. The number of hydrogen-bond acceptors (Lipinski definition) is 1. The molecule has 18 heavy (non-hydrogen) atoms. The third kappa shape index (κ3) is 4.91. The summed E-state index contributed by atoms with van der Waals surface area (Å²) >= 11 is 0. The van der Waals surface area contributed by atoms with Gasteiger partial charge in [-0.15, -0.1) is 0 Å². The van der Waals surface area contributed by atoms with Crippen LogP contribution in [0.3, 0.4) is 0 Å². The molecule has 2 aliphatic rings. The molecule has 0 bridgehead atoms. The van der Waals surface area contributed by atoms with Crippen LogP contribution in [-0.4, -0.2) is 12.1 Å². The molecule has 1 heteroatoms. The van der Waals surface area contributed by atoms with Gasteiger partial charge in [0, 0.05) is 12.1 Å². The largest absolute Gasteiger partial charge is 0.311 e. The minimum atomic E-state index is 0.757. The van der Waals surface area contributed by atoms with E-state index in [0.29, 0.717) is 0 Å². The summed E-state index contributed by atoms with van der Waals surface area (Å²) in [6.07, 6.45) is 19.0. The normalized spacial score (nSPS) is 27.2. The van der Waals surface area contributed by atoms with Gasteiger partial charge in [-0.1, -0.05) is 57.8 Å². The van der Waals surface area contributed by atoms with Gasteiger partial charge in [0.2, 0.25) is 0 Å². The highest BCUT2D eigenvalue weighted by Gasteiger charge is 2.21. The average molecular weight is 251 g/mol. The van der Waals surface area contributed by atoms with E-state index in [-0.39, 0.29) is 0 Å². The Hall–Kier alpha value is -0.0400. The first-order valence-electron chi connectivity index (χ1n) is 8.62. The Morgan fingerprint density at radius 3 is 1.67 bits per heavy atom. The Labute approximate surface area is 114 Å². The lowest BCUT2D eigenvalue weighted by Gasteiger charge is -2.30. The maximum atomic E-state index is 3.98. The quantitative estimate of drug-likeness (QED) is 0.692. The number of rotatable bonds is 3. The van der Waals surface area contributed by atoms with Crippen molar-refractivity contribution in [1.29, 1.82) is 0 Å². The predicted molar refractivity (Wildman–Crippen MR) is 79.9 cm³/mol. The van der Waals surface area contributed by atoms with Crippen molar-refractivity contribution in [2.75, 3.05) is 0 Å². The molecule has 0 radical (unpaired) electrons. The van der Waals surface area contributed by atoms with Crippen LogP contribution < -0.4 is 5.32 Å². The highest BCUT2D eigenvalue weighted by atomic mass is 14.9. The van der Waals surface area contributed by atoms with Crippen LogP contribution in [0, 0.1) is 5.92 Å². The van der Waals surface area contributed by atoms with Gasteiger partial charge in [-0.2, -0.15) is 0 Å². The molecule has 106 valence electrons. The Kier molecular flexibility index (Phi) is 6.54. The van der Waals surface area contributed by atoms with Crippen molar-refractivity contribution < 1.29 is 0 Å². The van der Waals surface area contributed by atoms with Crippen molar-refractivity contribution in [2.24, 2.45) is 5.92 Å². The molecule has 0 heterocycles. The maximum Gasteiger partial charge on any atom is 0.00696 e. The molecular formula is C17H33N. The molecular weight excluding hydrogens is 218 g/mol. The minimum Gasteiger partial charge on any atom is -0.311 e. The molecule has 2 aliphatic carbocycles. The molecule has 1 N–H and O–H groups in total. The Bertz CT molecular complexity index is 198. The zero-order valence-electron chi connectivity index (χ0n) is 12.4. The van der Waals surface area contributed by atoms with Gasteiger partial charge in [0.15, 0.2) is 0 Å². The smallest absolute Gasteiger partial charge is 0.00696 e. The summed E-state index contributed by atoms with van der Waals surface area (Å²) in [4.78, 5) is 0. The highest BCUT2D eigenvalue weighted by molar-refractivity contribution is 4.79. The van der Waals surface area contributed by atoms with E-state index < -0.39 is 0 Å². The van der Waals surface area contributed by atoms with E-state index in [0.717, 1.165) is 18.0 Å². The molecule has 0 amide bonds. The number of hydrogen-bond donors (Lipinski definition) is 1. The summed E-state index contributed by atoms with van der Waals surface area (Å²) in [7, 11) is 0.